The van der Waals surface area contributed by atoms with Gasteiger partial charge in [-0.1, -0.05) is 12.1 Å². The van der Waals surface area contributed by atoms with Gasteiger partial charge in [0, 0.05) is 18.6 Å². The van der Waals surface area contributed by atoms with E-state index < -0.39 is 10.8 Å². The minimum absolute atomic E-state index is 0.0651. The first kappa shape index (κ1) is 11.2. The van der Waals surface area contributed by atoms with Gasteiger partial charge in [0.15, 0.2) is 0 Å². The van der Waals surface area contributed by atoms with Gasteiger partial charge in [0.05, 0.1) is 4.92 Å². The van der Waals surface area contributed by atoms with Crippen molar-refractivity contribution in [1.82, 2.24) is 5.73 Å². The number of nitro benzene ring substituents is 1. The molecule has 1 aromatic carbocycles. The number of aryl methyl sites for hydroxylation is 1. The Kier molecular flexibility index (Phi) is 3.79. The second-order valence-corrected chi connectivity index (χ2v) is 3.20. The molecular formula is C10H11N2O3. The molecular weight excluding hydrogens is 196 g/mol. The Balaban J connectivity index is 2.50. The number of rotatable bonds is 5. The number of nitrogens with zero attached hydrogens (tertiary/aromatic N) is 1. The molecule has 1 rings (SSSR count). The number of amides is 1. The van der Waals surface area contributed by atoms with Gasteiger partial charge in [-0.25, -0.2) is 0 Å². The third-order valence-electron chi connectivity index (χ3n) is 2.02. The first-order chi connectivity index (χ1) is 7.09. The van der Waals surface area contributed by atoms with Crippen LogP contribution in [0.25, 0.3) is 0 Å². The van der Waals surface area contributed by atoms with Crippen molar-refractivity contribution in [2.24, 2.45) is 0 Å². The van der Waals surface area contributed by atoms with Crippen LogP contribution in [0.3, 0.4) is 0 Å². The number of nitro groups is 1. The first-order valence-corrected chi connectivity index (χ1v) is 4.57. The van der Waals surface area contributed by atoms with E-state index in [0.717, 1.165) is 5.56 Å². The lowest BCUT2D eigenvalue weighted by molar-refractivity contribution is -0.384. The molecule has 0 heterocycles. The predicted octanol–water partition coefficient (Wildman–Crippen LogP) is 1.73. The van der Waals surface area contributed by atoms with Crippen molar-refractivity contribution in [1.29, 1.82) is 0 Å². The van der Waals surface area contributed by atoms with Crippen molar-refractivity contribution in [2.45, 2.75) is 19.3 Å². The minimum Gasteiger partial charge on any atom is -0.273 e. The highest BCUT2D eigenvalue weighted by atomic mass is 16.6. The van der Waals surface area contributed by atoms with Crippen LogP contribution < -0.4 is 5.73 Å². The lowest BCUT2D eigenvalue weighted by Crippen LogP contribution is -1.98. The lowest BCUT2D eigenvalue weighted by Gasteiger charge is -1.98. The van der Waals surface area contributed by atoms with E-state index in [1.807, 2.05) is 0 Å². The molecule has 0 aromatic heterocycles. The van der Waals surface area contributed by atoms with Crippen LogP contribution in [0.4, 0.5) is 5.69 Å². The third-order valence-corrected chi connectivity index (χ3v) is 2.02. The molecule has 0 spiro atoms. The highest BCUT2D eigenvalue weighted by molar-refractivity contribution is 5.72. The number of non-ortho nitro benzene ring substituents is 1. The summed E-state index contributed by atoms with van der Waals surface area (Å²) in [6, 6.07) is 6.23. The molecule has 0 saturated heterocycles. The van der Waals surface area contributed by atoms with Crippen molar-refractivity contribution < 1.29 is 9.72 Å². The second-order valence-electron chi connectivity index (χ2n) is 3.20. The number of carbonyl (C=O) groups excluding carboxylic acids is 1. The van der Waals surface area contributed by atoms with E-state index in [-0.39, 0.29) is 12.1 Å². The van der Waals surface area contributed by atoms with E-state index in [1.54, 1.807) is 12.1 Å². The van der Waals surface area contributed by atoms with Crippen molar-refractivity contribution in [3.63, 3.8) is 0 Å². The maximum Gasteiger partial charge on any atom is 0.269 e. The standard InChI is InChI=1S/C10H11N2O3/c11-10(13)3-1-2-8-4-6-9(7-5-8)12(14)15/h4-7,11H,1-3H2. The van der Waals surface area contributed by atoms with E-state index >= 15 is 0 Å². The largest absolute Gasteiger partial charge is 0.273 e. The summed E-state index contributed by atoms with van der Waals surface area (Å²) in [4.78, 5) is 20.3. The Bertz CT molecular complexity index is 359. The average Bonchev–Trinajstić information content (AvgIpc) is 2.18. The van der Waals surface area contributed by atoms with E-state index in [0.29, 0.717) is 12.8 Å². The molecule has 5 heteroatoms. The summed E-state index contributed by atoms with van der Waals surface area (Å²) in [6.07, 6.45) is 1.51. The van der Waals surface area contributed by atoms with Crippen LogP contribution in [0.1, 0.15) is 18.4 Å². The zero-order valence-corrected chi connectivity index (χ0v) is 8.10. The first-order valence-electron chi connectivity index (χ1n) is 4.57. The summed E-state index contributed by atoms with van der Waals surface area (Å²) >= 11 is 0. The minimum atomic E-state index is -0.572. The van der Waals surface area contributed by atoms with Crippen molar-refractivity contribution in [2.75, 3.05) is 0 Å². The molecule has 0 atom stereocenters. The molecule has 0 aliphatic carbocycles. The molecule has 15 heavy (non-hydrogen) atoms. The van der Waals surface area contributed by atoms with Gasteiger partial charge in [-0.2, -0.15) is 0 Å². The van der Waals surface area contributed by atoms with Crippen LogP contribution in [-0.4, -0.2) is 10.8 Å². The summed E-state index contributed by atoms with van der Waals surface area (Å²) in [5.74, 6) is -0.572. The maximum atomic E-state index is 10.4. The smallest absolute Gasteiger partial charge is 0.269 e. The Morgan fingerprint density at radius 1 is 1.33 bits per heavy atom. The zero-order valence-electron chi connectivity index (χ0n) is 8.10. The molecule has 0 bridgehead atoms. The monoisotopic (exact) mass is 207 g/mol. The number of hydrogen-bond acceptors (Lipinski definition) is 3. The molecule has 0 aliphatic rings. The molecule has 0 aliphatic heterocycles. The summed E-state index contributed by atoms with van der Waals surface area (Å²) in [6.45, 7) is 0. The van der Waals surface area contributed by atoms with E-state index in [2.05, 4.69) is 0 Å². The van der Waals surface area contributed by atoms with Crippen LogP contribution in [0.2, 0.25) is 0 Å². The van der Waals surface area contributed by atoms with Crippen LogP contribution in [0.5, 0.6) is 0 Å². The average molecular weight is 207 g/mol. The highest BCUT2D eigenvalue weighted by Crippen LogP contribution is 2.13. The molecule has 1 radical (unpaired) electrons. The van der Waals surface area contributed by atoms with Gasteiger partial charge in [-0.05, 0) is 18.4 Å². The molecule has 1 N–H and O–H groups in total. The number of nitrogens with one attached hydrogen (secondary N) is 1. The topological polar surface area (TPSA) is 84.0 Å². The van der Waals surface area contributed by atoms with E-state index in [9.17, 15) is 14.9 Å². The van der Waals surface area contributed by atoms with Crippen molar-refractivity contribution in [3.8, 4) is 0 Å². The maximum absolute atomic E-state index is 10.4. The van der Waals surface area contributed by atoms with Crippen LogP contribution in [-0.2, 0) is 11.2 Å². The van der Waals surface area contributed by atoms with Crippen LogP contribution in [0.15, 0.2) is 24.3 Å². The Morgan fingerprint density at radius 3 is 2.40 bits per heavy atom. The van der Waals surface area contributed by atoms with Crippen molar-refractivity contribution in [3.05, 3.63) is 39.9 Å². The summed E-state index contributed by atoms with van der Waals surface area (Å²) in [5, 5.41) is 10.4. The number of benzene rings is 1. The molecule has 0 saturated carbocycles. The highest BCUT2D eigenvalue weighted by Gasteiger charge is 2.04. The normalized spacial score (nSPS) is 9.87. The van der Waals surface area contributed by atoms with Gasteiger partial charge in [0.1, 0.15) is 0 Å². The molecule has 1 amide bonds. The fraction of sp³-hybridized carbons (Fsp3) is 0.300. The Morgan fingerprint density at radius 2 is 1.93 bits per heavy atom. The molecule has 79 valence electrons. The van der Waals surface area contributed by atoms with Crippen LogP contribution >= 0.6 is 0 Å². The SMILES string of the molecule is [NH]C(=O)CCCc1ccc([N+](=O)[O-])cc1. The number of hydrogen-bond donors (Lipinski definition) is 0. The fourth-order valence-corrected chi connectivity index (χ4v) is 1.24. The van der Waals surface area contributed by atoms with Gasteiger partial charge >= 0.3 is 0 Å². The van der Waals surface area contributed by atoms with Gasteiger partial charge < -0.3 is 0 Å². The predicted molar refractivity (Wildman–Crippen MR) is 54.1 cm³/mol. The quantitative estimate of drug-likeness (QED) is 0.544. The van der Waals surface area contributed by atoms with Gasteiger partial charge in [0.25, 0.3) is 5.69 Å². The summed E-state index contributed by atoms with van der Waals surface area (Å²) in [5.41, 5.74) is 7.72. The molecule has 5 nitrogen and oxygen atoms in total. The lowest BCUT2D eigenvalue weighted by atomic mass is 10.1. The summed E-state index contributed by atoms with van der Waals surface area (Å²) < 4.78 is 0. The van der Waals surface area contributed by atoms with E-state index in [1.165, 1.54) is 12.1 Å². The fourth-order valence-electron chi connectivity index (χ4n) is 1.24. The zero-order chi connectivity index (χ0) is 11.3. The second kappa shape index (κ2) is 5.09. The van der Waals surface area contributed by atoms with Gasteiger partial charge in [0.2, 0.25) is 5.91 Å². The third kappa shape index (κ3) is 3.76. The Labute approximate surface area is 87.0 Å². The van der Waals surface area contributed by atoms with Crippen molar-refractivity contribution >= 4 is 11.6 Å². The van der Waals surface area contributed by atoms with Crippen LogP contribution in [0, 0.1) is 10.1 Å². The molecule has 0 fully saturated rings. The molecule has 1 aromatic rings. The van der Waals surface area contributed by atoms with Gasteiger partial charge in [-0.3, -0.25) is 20.6 Å². The summed E-state index contributed by atoms with van der Waals surface area (Å²) in [7, 11) is 0. The molecule has 0 unspecified atom stereocenters. The van der Waals surface area contributed by atoms with Gasteiger partial charge in [-0.15, -0.1) is 0 Å². The Hall–Kier alpha value is -1.91. The number of carbonyl (C=O) groups is 1. The van der Waals surface area contributed by atoms with E-state index in [4.69, 9.17) is 5.73 Å².